The smallest absolute Gasteiger partial charge is 0.244 e. The molecule has 0 radical (unpaired) electrons. The van der Waals surface area contributed by atoms with Gasteiger partial charge in [-0.05, 0) is 43.9 Å². The van der Waals surface area contributed by atoms with Gasteiger partial charge in [-0.1, -0.05) is 0 Å². The van der Waals surface area contributed by atoms with Crippen molar-refractivity contribution in [2.45, 2.75) is 44.7 Å². The Labute approximate surface area is 179 Å². The summed E-state index contributed by atoms with van der Waals surface area (Å²) < 4.78 is 9.43. The molecule has 9 heteroatoms. The maximum atomic E-state index is 11.3. The highest BCUT2D eigenvalue weighted by Gasteiger charge is 2.23. The van der Waals surface area contributed by atoms with Crippen molar-refractivity contribution in [3.63, 3.8) is 0 Å². The fourth-order valence-corrected chi connectivity index (χ4v) is 4.36. The Kier molecular flexibility index (Phi) is 4.93. The summed E-state index contributed by atoms with van der Waals surface area (Å²) in [6, 6.07) is 6.57. The van der Waals surface area contributed by atoms with Crippen LogP contribution in [0.1, 0.15) is 32.6 Å². The van der Waals surface area contributed by atoms with Crippen LogP contribution in [0, 0.1) is 0 Å². The van der Waals surface area contributed by atoms with Crippen molar-refractivity contribution < 1.29 is 9.53 Å². The lowest BCUT2D eigenvalue weighted by Gasteiger charge is -2.29. The molecule has 1 aliphatic carbocycles. The van der Waals surface area contributed by atoms with Gasteiger partial charge in [0.15, 0.2) is 0 Å². The summed E-state index contributed by atoms with van der Waals surface area (Å²) in [5.41, 5.74) is 3.75. The van der Waals surface area contributed by atoms with Crippen LogP contribution in [0.25, 0.3) is 22.3 Å². The first-order valence-electron chi connectivity index (χ1n) is 10.5. The molecule has 1 fully saturated rings. The number of rotatable bonds is 5. The van der Waals surface area contributed by atoms with E-state index in [1.165, 1.54) is 0 Å². The van der Waals surface area contributed by atoms with E-state index in [1.807, 2.05) is 45.7 Å². The molecular formula is C22H25N7O2. The molecule has 0 aliphatic heterocycles. The van der Waals surface area contributed by atoms with Gasteiger partial charge in [-0.2, -0.15) is 4.98 Å². The lowest BCUT2D eigenvalue weighted by Crippen LogP contribution is -2.39. The minimum absolute atomic E-state index is 0.0329. The molecule has 0 spiro atoms. The second-order valence-electron chi connectivity index (χ2n) is 7.97. The molecule has 2 N–H and O–H groups in total. The summed E-state index contributed by atoms with van der Waals surface area (Å²) in [4.78, 5) is 20.2. The third kappa shape index (κ3) is 3.78. The fourth-order valence-electron chi connectivity index (χ4n) is 4.36. The van der Waals surface area contributed by atoms with E-state index < -0.39 is 0 Å². The number of anilines is 1. The monoisotopic (exact) mass is 419 g/mol. The van der Waals surface area contributed by atoms with Gasteiger partial charge in [-0.3, -0.25) is 4.79 Å². The van der Waals surface area contributed by atoms with E-state index >= 15 is 0 Å². The van der Waals surface area contributed by atoms with Crippen LogP contribution in [-0.4, -0.2) is 49.1 Å². The molecule has 4 heterocycles. The molecule has 1 amide bonds. The molecule has 0 atom stereocenters. The van der Waals surface area contributed by atoms with Gasteiger partial charge in [-0.15, -0.1) is 5.10 Å². The minimum atomic E-state index is 0.0329. The molecule has 0 unspecified atom stereocenters. The molecular weight excluding hydrogens is 394 g/mol. The maximum Gasteiger partial charge on any atom is 0.244 e. The normalized spacial score (nSPS) is 18.9. The first-order chi connectivity index (χ1) is 15.1. The number of pyridine rings is 1. The van der Waals surface area contributed by atoms with Crippen molar-refractivity contribution in [3.8, 4) is 17.0 Å². The van der Waals surface area contributed by atoms with E-state index in [-0.39, 0.29) is 18.0 Å². The molecule has 0 saturated heterocycles. The highest BCUT2D eigenvalue weighted by Crippen LogP contribution is 2.32. The van der Waals surface area contributed by atoms with Gasteiger partial charge in [0.05, 0.1) is 7.11 Å². The lowest BCUT2D eigenvalue weighted by atomic mass is 9.91. The topological polar surface area (TPSA) is 97.8 Å². The Morgan fingerprint density at radius 3 is 2.71 bits per heavy atom. The molecule has 4 aromatic rings. The SMILES string of the molecule is COc1nc(N[C@H]2CC[C@@H](NC(C)=O)CC2)nn2ccc(-c3ccc4nccn4c3)c12. The second kappa shape index (κ2) is 7.90. The van der Waals surface area contributed by atoms with Crippen LogP contribution in [0.3, 0.4) is 0 Å². The van der Waals surface area contributed by atoms with Gasteiger partial charge in [0, 0.05) is 54.9 Å². The standard InChI is InChI=1S/C22H25N7O2/c1-14(30)24-16-4-6-17(7-5-16)25-22-26-21(31-2)20-18(9-11-29(20)27-22)15-3-8-19-23-10-12-28(19)13-15/h3,8-13,16-17H,4-7H2,1-2H3,(H,24,30)(H,25,27)/t16-,17+. The number of hydrogen-bond donors (Lipinski definition) is 2. The third-order valence-electron chi connectivity index (χ3n) is 5.84. The van der Waals surface area contributed by atoms with Crippen molar-refractivity contribution in [1.29, 1.82) is 0 Å². The molecule has 0 aromatic carbocycles. The van der Waals surface area contributed by atoms with Crippen molar-refractivity contribution in [3.05, 3.63) is 43.0 Å². The van der Waals surface area contributed by atoms with E-state index in [0.29, 0.717) is 11.8 Å². The Hall–Kier alpha value is -3.62. The van der Waals surface area contributed by atoms with Gasteiger partial charge < -0.3 is 19.8 Å². The van der Waals surface area contributed by atoms with Crippen LogP contribution in [0.4, 0.5) is 5.95 Å². The lowest BCUT2D eigenvalue weighted by molar-refractivity contribution is -0.119. The largest absolute Gasteiger partial charge is 0.479 e. The average molecular weight is 419 g/mol. The number of amides is 1. The predicted octanol–water partition coefficient (Wildman–Crippen LogP) is 2.91. The van der Waals surface area contributed by atoms with Crippen molar-refractivity contribution >= 4 is 23.0 Å². The van der Waals surface area contributed by atoms with Crippen molar-refractivity contribution in [2.75, 3.05) is 12.4 Å². The zero-order valence-electron chi connectivity index (χ0n) is 17.6. The van der Waals surface area contributed by atoms with Crippen molar-refractivity contribution in [1.82, 2.24) is 29.3 Å². The van der Waals surface area contributed by atoms with Crippen LogP contribution >= 0.6 is 0 Å². The number of nitrogens with one attached hydrogen (secondary N) is 2. The quantitative estimate of drug-likeness (QED) is 0.516. The number of carbonyl (C=O) groups excluding carboxylic acids is 1. The summed E-state index contributed by atoms with van der Waals surface area (Å²) in [6.07, 6.45) is 11.5. The van der Waals surface area contributed by atoms with Crippen LogP contribution < -0.4 is 15.4 Å². The van der Waals surface area contributed by atoms with Gasteiger partial charge in [0.1, 0.15) is 11.2 Å². The fraction of sp³-hybridized carbons (Fsp3) is 0.364. The first kappa shape index (κ1) is 19.3. The minimum Gasteiger partial charge on any atom is -0.479 e. The molecule has 0 bridgehead atoms. The third-order valence-corrected chi connectivity index (χ3v) is 5.84. The highest BCUT2D eigenvalue weighted by molar-refractivity contribution is 5.84. The molecule has 9 nitrogen and oxygen atoms in total. The second-order valence-corrected chi connectivity index (χ2v) is 7.97. The van der Waals surface area contributed by atoms with Crippen LogP contribution in [0.2, 0.25) is 0 Å². The Morgan fingerprint density at radius 1 is 1.13 bits per heavy atom. The van der Waals surface area contributed by atoms with Crippen LogP contribution in [-0.2, 0) is 4.79 Å². The maximum absolute atomic E-state index is 11.3. The molecule has 31 heavy (non-hydrogen) atoms. The van der Waals surface area contributed by atoms with E-state index in [1.54, 1.807) is 20.2 Å². The van der Waals surface area contributed by atoms with Gasteiger partial charge >= 0.3 is 0 Å². The van der Waals surface area contributed by atoms with Gasteiger partial charge in [0.2, 0.25) is 17.7 Å². The number of methoxy groups -OCH3 is 1. The highest BCUT2D eigenvalue weighted by atomic mass is 16.5. The summed E-state index contributed by atoms with van der Waals surface area (Å²) in [6.45, 7) is 1.57. The van der Waals surface area contributed by atoms with E-state index in [4.69, 9.17) is 4.74 Å². The number of carbonyl (C=O) groups is 1. The number of hydrogen-bond acceptors (Lipinski definition) is 6. The molecule has 5 rings (SSSR count). The molecule has 1 aliphatic rings. The Morgan fingerprint density at radius 2 is 1.94 bits per heavy atom. The first-order valence-corrected chi connectivity index (χ1v) is 10.5. The van der Waals surface area contributed by atoms with Crippen molar-refractivity contribution in [2.24, 2.45) is 0 Å². The number of nitrogens with zero attached hydrogens (tertiary/aromatic N) is 5. The molecule has 160 valence electrons. The van der Waals surface area contributed by atoms with E-state index in [9.17, 15) is 4.79 Å². The zero-order valence-corrected chi connectivity index (χ0v) is 17.6. The van der Waals surface area contributed by atoms with Crippen LogP contribution in [0.15, 0.2) is 43.0 Å². The zero-order chi connectivity index (χ0) is 21.4. The Bertz CT molecular complexity index is 1240. The van der Waals surface area contributed by atoms with Crippen LogP contribution in [0.5, 0.6) is 5.88 Å². The summed E-state index contributed by atoms with van der Waals surface area (Å²) in [5.74, 6) is 1.10. The number of fused-ring (bicyclic) bond motifs is 2. The molecule has 1 saturated carbocycles. The van der Waals surface area contributed by atoms with E-state index in [2.05, 4.69) is 25.7 Å². The Balaban J connectivity index is 1.40. The summed E-state index contributed by atoms with van der Waals surface area (Å²) >= 11 is 0. The number of aromatic nitrogens is 5. The molecule has 4 aromatic heterocycles. The number of ether oxygens (including phenoxy) is 1. The summed E-state index contributed by atoms with van der Waals surface area (Å²) in [7, 11) is 1.63. The van der Waals surface area contributed by atoms with E-state index in [0.717, 1.165) is 48.0 Å². The van der Waals surface area contributed by atoms with Gasteiger partial charge in [0.25, 0.3) is 0 Å². The average Bonchev–Trinajstić information content (AvgIpc) is 3.40. The predicted molar refractivity (Wildman–Crippen MR) is 117 cm³/mol. The summed E-state index contributed by atoms with van der Waals surface area (Å²) in [5, 5.41) is 11.1. The number of imidazole rings is 1. The van der Waals surface area contributed by atoms with Gasteiger partial charge in [-0.25, -0.2) is 9.50 Å².